The summed E-state index contributed by atoms with van der Waals surface area (Å²) in [5.74, 6) is 0.502. The Morgan fingerprint density at radius 1 is 1.16 bits per heavy atom. The molecule has 3 nitrogen and oxygen atoms in total. The molecule has 0 bridgehead atoms. The van der Waals surface area contributed by atoms with E-state index in [-0.39, 0.29) is 12.0 Å². The molecule has 1 aromatic heterocycles. The highest BCUT2D eigenvalue weighted by molar-refractivity contribution is 7.15. The normalized spacial score (nSPS) is 15.5. The van der Waals surface area contributed by atoms with E-state index in [4.69, 9.17) is 0 Å². The van der Waals surface area contributed by atoms with Crippen LogP contribution in [0.4, 0.5) is 0 Å². The summed E-state index contributed by atoms with van der Waals surface area (Å²) in [7, 11) is 0. The van der Waals surface area contributed by atoms with Crippen molar-refractivity contribution >= 4 is 17.2 Å². The molecule has 0 atom stereocenters. The maximum Gasteiger partial charge on any atom is 0.226 e. The molecule has 1 amide bonds. The molecule has 134 valence electrons. The van der Waals surface area contributed by atoms with E-state index in [1.54, 1.807) is 11.3 Å². The van der Waals surface area contributed by atoms with E-state index >= 15 is 0 Å². The first-order valence-corrected chi connectivity index (χ1v) is 10.0. The second kappa shape index (κ2) is 8.15. The largest absolute Gasteiger partial charge is 0.335 e. The topological polar surface area (TPSA) is 32.3 Å². The van der Waals surface area contributed by atoms with Crippen molar-refractivity contribution < 1.29 is 4.79 Å². The number of hydrogen-bond acceptors (Lipinski definition) is 3. The lowest BCUT2D eigenvalue weighted by atomic mass is 9.96. The van der Waals surface area contributed by atoms with Crippen molar-refractivity contribution in [3.8, 4) is 10.4 Å². The summed E-state index contributed by atoms with van der Waals surface area (Å²) in [5.41, 5.74) is 2.53. The van der Waals surface area contributed by atoms with Gasteiger partial charge in [0.25, 0.3) is 0 Å². The Morgan fingerprint density at radius 3 is 2.48 bits per heavy atom. The number of carbonyl (C=O) groups excluding carboxylic acids is 1. The molecule has 2 aromatic rings. The van der Waals surface area contributed by atoms with Crippen LogP contribution in [-0.2, 0) is 11.3 Å². The summed E-state index contributed by atoms with van der Waals surface area (Å²) in [4.78, 5) is 17.5. The Bertz CT molecular complexity index is 699. The van der Waals surface area contributed by atoms with Gasteiger partial charge in [0, 0.05) is 21.7 Å². The van der Waals surface area contributed by atoms with Gasteiger partial charge in [-0.3, -0.25) is 4.79 Å². The van der Waals surface area contributed by atoms with Crippen LogP contribution in [-0.4, -0.2) is 29.9 Å². The minimum Gasteiger partial charge on any atom is -0.335 e. The fourth-order valence-electron chi connectivity index (χ4n) is 3.32. The third kappa shape index (κ3) is 4.50. The zero-order chi connectivity index (χ0) is 17.8. The zero-order valence-electron chi connectivity index (χ0n) is 15.4. The predicted octanol–water partition coefficient (Wildman–Crippen LogP) is 4.46. The number of hydrogen-bond donors (Lipinski definition) is 1. The second-order valence-corrected chi connectivity index (χ2v) is 8.38. The number of nitrogens with one attached hydrogen (secondary N) is 1. The van der Waals surface area contributed by atoms with E-state index in [9.17, 15) is 4.79 Å². The summed E-state index contributed by atoms with van der Waals surface area (Å²) in [5, 5.41) is 3.34. The van der Waals surface area contributed by atoms with Gasteiger partial charge in [-0.1, -0.05) is 29.8 Å². The molecule has 1 aliphatic rings. The highest BCUT2D eigenvalue weighted by atomic mass is 32.1. The van der Waals surface area contributed by atoms with Gasteiger partial charge in [-0.25, -0.2) is 0 Å². The van der Waals surface area contributed by atoms with Gasteiger partial charge in [0.2, 0.25) is 5.91 Å². The van der Waals surface area contributed by atoms with Crippen LogP contribution >= 0.6 is 11.3 Å². The predicted molar refractivity (Wildman–Crippen MR) is 106 cm³/mol. The average molecular weight is 357 g/mol. The van der Waals surface area contributed by atoms with Crippen LogP contribution < -0.4 is 5.32 Å². The molecule has 1 N–H and O–H groups in total. The van der Waals surface area contributed by atoms with Crippen LogP contribution in [0.25, 0.3) is 10.4 Å². The SMILES string of the molecule is Cc1ccc(-c2ccc(CN(C(=O)C3CCNCC3)C(C)C)s2)cc1. The van der Waals surface area contributed by atoms with Gasteiger partial charge in [0.05, 0.1) is 6.54 Å². The number of amides is 1. The van der Waals surface area contributed by atoms with E-state index in [2.05, 4.69) is 67.4 Å². The minimum absolute atomic E-state index is 0.181. The number of piperidine rings is 1. The standard InChI is InChI=1S/C21H28N2OS/c1-15(2)23(21(24)18-10-12-22-13-11-18)14-19-8-9-20(25-19)17-6-4-16(3)5-7-17/h4-9,15,18,22H,10-14H2,1-3H3. The average Bonchev–Trinajstić information content (AvgIpc) is 3.09. The number of nitrogens with zero attached hydrogens (tertiary/aromatic N) is 1. The molecular weight excluding hydrogens is 328 g/mol. The lowest BCUT2D eigenvalue weighted by molar-refractivity contribution is -0.138. The number of carbonyl (C=O) groups is 1. The summed E-state index contributed by atoms with van der Waals surface area (Å²) < 4.78 is 0. The fourth-order valence-corrected chi connectivity index (χ4v) is 4.33. The van der Waals surface area contributed by atoms with Gasteiger partial charge < -0.3 is 10.2 Å². The second-order valence-electron chi connectivity index (χ2n) is 7.22. The highest BCUT2D eigenvalue weighted by Crippen LogP contribution is 2.30. The quantitative estimate of drug-likeness (QED) is 0.858. The first kappa shape index (κ1) is 18.2. The van der Waals surface area contributed by atoms with Crippen LogP contribution in [0.3, 0.4) is 0 Å². The van der Waals surface area contributed by atoms with Gasteiger partial charge in [-0.2, -0.15) is 0 Å². The summed E-state index contributed by atoms with van der Waals surface area (Å²) >= 11 is 1.80. The molecule has 2 heterocycles. The summed E-state index contributed by atoms with van der Waals surface area (Å²) in [6, 6.07) is 13.2. The van der Waals surface area contributed by atoms with Crippen molar-refractivity contribution in [1.82, 2.24) is 10.2 Å². The summed E-state index contributed by atoms with van der Waals surface area (Å²) in [6.45, 7) is 8.98. The van der Waals surface area contributed by atoms with E-state index < -0.39 is 0 Å². The van der Waals surface area contributed by atoms with Crippen LogP contribution in [0.1, 0.15) is 37.1 Å². The number of benzene rings is 1. The fraction of sp³-hybridized carbons (Fsp3) is 0.476. The monoisotopic (exact) mass is 356 g/mol. The van der Waals surface area contributed by atoms with Gasteiger partial charge in [0.15, 0.2) is 0 Å². The van der Waals surface area contributed by atoms with Crippen molar-refractivity contribution in [2.45, 2.75) is 46.2 Å². The number of rotatable bonds is 5. The van der Waals surface area contributed by atoms with E-state index in [1.807, 2.05) is 0 Å². The van der Waals surface area contributed by atoms with Crippen LogP contribution in [0.5, 0.6) is 0 Å². The van der Waals surface area contributed by atoms with Gasteiger partial charge in [0.1, 0.15) is 0 Å². The Kier molecular flexibility index (Phi) is 5.92. The Morgan fingerprint density at radius 2 is 1.84 bits per heavy atom. The first-order chi connectivity index (χ1) is 12.0. The molecule has 0 radical (unpaired) electrons. The molecule has 1 aliphatic heterocycles. The Hall–Kier alpha value is -1.65. The van der Waals surface area contributed by atoms with E-state index in [1.165, 1.54) is 20.9 Å². The Balaban J connectivity index is 1.72. The molecule has 1 fully saturated rings. The molecule has 1 saturated heterocycles. The maximum atomic E-state index is 13.0. The van der Waals surface area contributed by atoms with E-state index in [0.29, 0.717) is 5.91 Å². The molecular formula is C21H28N2OS. The molecule has 1 aromatic carbocycles. The molecule has 3 rings (SSSR count). The number of aryl methyl sites for hydroxylation is 1. The van der Waals surface area contributed by atoms with Crippen molar-refractivity contribution in [1.29, 1.82) is 0 Å². The van der Waals surface area contributed by atoms with Crippen molar-refractivity contribution in [2.24, 2.45) is 5.92 Å². The smallest absolute Gasteiger partial charge is 0.226 e. The number of thiophene rings is 1. The third-order valence-corrected chi connectivity index (χ3v) is 6.04. The molecule has 0 aliphatic carbocycles. The molecule has 25 heavy (non-hydrogen) atoms. The molecule has 0 saturated carbocycles. The maximum absolute atomic E-state index is 13.0. The van der Waals surface area contributed by atoms with Crippen LogP contribution in [0.2, 0.25) is 0 Å². The lowest BCUT2D eigenvalue weighted by Crippen LogP contribution is -2.43. The third-order valence-electron chi connectivity index (χ3n) is 4.92. The molecule has 0 unspecified atom stereocenters. The van der Waals surface area contributed by atoms with E-state index in [0.717, 1.165) is 32.5 Å². The minimum atomic E-state index is 0.181. The van der Waals surface area contributed by atoms with Crippen molar-refractivity contribution in [2.75, 3.05) is 13.1 Å². The van der Waals surface area contributed by atoms with Gasteiger partial charge in [-0.05, 0) is 64.4 Å². The highest BCUT2D eigenvalue weighted by Gasteiger charge is 2.27. The van der Waals surface area contributed by atoms with Crippen molar-refractivity contribution in [3.05, 3.63) is 46.8 Å². The Labute approximate surface area is 155 Å². The van der Waals surface area contributed by atoms with Crippen molar-refractivity contribution in [3.63, 3.8) is 0 Å². The lowest BCUT2D eigenvalue weighted by Gasteiger charge is -2.32. The van der Waals surface area contributed by atoms with Gasteiger partial charge in [-0.15, -0.1) is 11.3 Å². The molecule has 4 heteroatoms. The first-order valence-electron chi connectivity index (χ1n) is 9.21. The van der Waals surface area contributed by atoms with Crippen LogP contribution in [0.15, 0.2) is 36.4 Å². The van der Waals surface area contributed by atoms with Crippen LogP contribution in [0, 0.1) is 12.8 Å². The molecule has 0 spiro atoms. The summed E-state index contributed by atoms with van der Waals surface area (Å²) in [6.07, 6.45) is 1.92. The van der Waals surface area contributed by atoms with Gasteiger partial charge >= 0.3 is 0 Å². The zero-order valence-corrected chi connectivity index (χ0v) is 16.2.